The van der Waals surface area contributed by atoms with Gasteiger partial charge in [0.1, 0.15) is 0 Å². The van der Waals surface area contributed by atoms with Crippen LogP contribution in [-0.2, 0) is 0 Å². The molecule has 0 unspecified atom stereocenters. The molecule has 2 aromatic carbocycles. The Bertz CT molecular complexity index is 829. The van der Waals surface area contributed by atoms with Crippen LogP contribution in [0.2, 0.25) is 0 Å². The lowest BCUT2D eigenvalue weighted by Crippen LogP contribution is -1.91. The number of rotatable bonds is 4. The van der Waals surface area contributed by atoms with E-state index in [9.17, 15) is 20.2 Å². The summed E-state index contributed by atoms with van der Waals surface area (Å²) in [6.07, 6.45) is 1.63. The van der Waals surface area contributed by atoms with E-state index in [0.29, 0.717) is 5.69 Å². The number of hydrogen-bond acceptors (Lipinski definition) is 5. The lowest BCUT2D eigenvalue weighted by atomic mass is 9.99. The van der Waals surface area contributed by atoms with Crippen molar-refractivity contribution >= 4 is 11.4 Å². The summed E-state index contributed by atoms with van der Waals surface area (Å²) >= 11 is 0. The predicted molar refractivity (Wildman–Crippen MR) is 88.4 cm³/mol. The second-order valence-electron chi connectivity index (χ2n) is 5.01. The number of nitrogens with zero attached hydrogens (tertiary/aromatic N) is 3. The van der Waals surface area contributed by atoms with Crippen LogP contribution in [0.4, 0.5) is 11.4 Å². The summed E-state index contributed by atoms with van der Waals surface area (Å²) in [5, 5.41) is 21.5. The van der Waals surface area contributed by atoms with Gasteiger partial charge < -0.3 is 0 Å². The molecule has 0 radical (unpaired) electrons. The summed E-state index contributed by atoms with van der Waals surface area (Å²) in [6, 6.07) is 15.9. The fourth-order valence-electron chi connectivity index (χ4n) is 2.37. The number of aromatic nitrogens is 1. The number of nitro groups is 2. The standard InChI is InChI=1S/C17H11N3O4/c21-19(22)14-7-3-12(4-8-14)16-2-1-11-18-17(16)13-5-9-15(10-6-13)20(23)24/h1-11H. The number of nitro benzene ring substituents is 2. The van der Waals surface area contributed by atoms with Gasteiger partial charge in [-0.2, -0.15) is 0 Å². The minimum atomic E-state index is -0.459. The van der Waals surface area contributed by atoms with Crippen molar-refractivity contribution in [1.82, 2.24) is 4.98 Å². The average Bonchev–Trinajstić information content (AvgIpc) is 2.62. The first-order chi connectivity index (χ1) is 11.6. The van der Waals surface area contributed by atoms with Gasteiger partial charge in [-0.3, -0.25) is 25.2 Å². The van der Waals surface area contributed by atoms with E-state index in [-0.39, 0.29) is 11.4 Å². The van der Waals surface area contributed by atoms with E-state index in [1.54, 1.807) is 36.5 Å². The molecule has 0 atom stereocenters. The molecule has 0 bridgehead atoms. The van der Waals surface area contributed by atoms with Crippen molar-refractivity contribution in [2.45, 2.75) is 0 Å². The molecular formula is C17H11N3O4. The normalized spacial score (nSPS) is 10.3. The molecule has 3 aromatic rings. The molecule has 1 heterocycles. The molecule has 0 aliphatic heterocycles. The van der Waals surface area contributed by atoms with Crippen LogP contribution < -0.4 is 0 Å². The van der Waals surface area contributed by atoms with Crippen molar-refractivity contribution in [3.63, 3.8) is 0 Å². The second kappa shape index (κ2) is 6.25. The number of non-ortho nitro benzene ring substituents is 2. The molecule has 1 aromatic heterocycles. The first kappa shape index (κ1) is 15.3. The SMILES string of the molecule is O=[N+]([O-])c1ccc(-c2cccnc2-c2ccc([N+](=O)[O-])cc2)cc1. The molecule has 24 heavy (non-hydrogen) atoms. The van der Waals surface area contributed by atoms with Crippen LogP contribution in [0, 0.1) is 20.2 Å². The molecule has 0 saturated carbocycles. The largest absolute Gasteiger partial charge is 0.269 e. The Morgan fingerprint density at radius 2 is 1.21 bits per heavy atom. The van der Waals surface area contributed by atoms with E-state index in [4.69, 9.17) is 0 Å². The van der Waals surface area contributed by atoms with Gasteiger partial charge in [0.05, 0.1) is 15.5 Å². The van der Waals surface area contributed by atoms with Crippen LogP contribution in [0.15, 0.2) is 66.9 Å². The van der Waals surface area contributed by atoms with E-state index in [1.807, 2.05) is 6.07 Å². The zero-order valence-electron chi connectivity index (χ0n) is 12.3. The van der Waals surface area contributed by atoms with Gasteiger partial charge in [-0.1, -0.05) is 6.07 Å². The molecule has 0 amide bonds. The van der Waals surface area contributed by atoms with Gasteiger partial charge in [0.15, 0.2) is 0 Å². The topological polar surface area (TPSA) is 99.2 Å². The van der Waals surface area contributed by atoms with E-state index in [2.05, 4.69) is 4.98 Å². The van der Waals surface area contributed by atoms with Gasteiger partial charge in [0.2, 0.25) is 0 Å². The summed E-state index contributed by atoms with van der Waals surface area (Å²) in [5.74, 6) is 0. The highest BCUT2D eigenvalue weighted by Crippen LogP contribution is 2.31. The Morgan fingerprint density at radius 3 is 1.71 bits per heavy atom. The summed E-state index contributed by atoms with van der Waals surface area (Å²) in [5.41, 5.74) is 2.98. The molecule has 0 fully saturated rings. The van der Waals surface area contributed by atoms with Crippen molar-refractivity contribution in [2.75, 3.05) is 0 Å². The van der Waals surface area contributed by atoms with Crippen molar-refractivity contribution in [3.05, 3.63) is 87.1 Å². The summed E-state index contributed by atoms with van der Waals surface area (Å²) < 4.78 is 0. The van der Waals surface area contributed by atoms with Gasteiger partial charge in [0, 0.05) is 41.6 Å². The minimum absolute atomic E-state index is 0.00608. The zero-order chi connectivity index (χ0) is 17.1. The van der Waals surface area contributed by atoms with Crippen molar-refractivity contribution in [1.29, 1.82) is 0 Å². The molecule has 3 rings (SSSR count). The Balaban J connectivity index is 2.04. The van der Waals surface area contributed by atoms with Crippen molar-refractivity contribution in [3.8, 4) is 22.4 Å². The highest BCUT2D eigenvalue weighted by molar-refractivity contribution is 5.81. The smallest absolute Gasteiger partial charge is 0.258 e. The number of hydrogen-bond donors (Lipinski definition) is 0. The van der Waals surface area contributed by atoms with Crippen LogP contribution in [0.3, 0.4) is 0 Å². The Morgan fingerprint density at radius 1 is 0.708 bits per heavy atom. The van der Waals surface area contributed by atoms with Crippen LogP contribution in [0.25, 0.3) is 22.4 Å². The minimum Gasteiger partial charge on any atom is -0.258 e. The van der Waals surface area contributed by atoms with E-state index < -0.39 is 9.85 Å². The van der Waals surface area contributed by atoms with Crippen molar-refractivity contribution in [2.24, 2.45) is 0 Å². The third-order valence-electron chi connectivity index (χ3n) is 3.55. The van der Waals surface area contributed by atoms with Gasteiger partial charge in [-0.15, -0.1) is 0 Å². The predicted octanol–water partition coefficient (Wildman–Crippen LogP) is 4.23. The Kier molecular flexibility index (Phi) is 3.98. The molecule has 118 valence electrons. The van der Waals surface area contributed by atoms with Gasteiger partial charge in [-0.05, 0) is 35.9 Å². The van der Waals surface area contributed by atoms with Gasteiger partial charge in [0.25, 0.3) is 11.4 Å². The molecule has 0 spiro atoms. The second-order valence-corrected chi connectivity index (χ2v) is 5.01. The van der Waals surface area contributed by atoms with E-state index in [0.717, 1.165) is 16.7 Å². The third-order valence-corrected chi connectivity index (χ3v) is 3.55. The summed E-state index contributed by atoms with van der Waals surface area (Å²) in [4.78, 5) is 25.0. The lowest BCUT2D eigenvalue weighted by molar-refractivity contribution is -0.385. The zero-order valence-corrected chi connectivity index (χ0v) is 12.3. The first-order valence-corrected chi connectivity index (χ1v) is 7.01. The maximum Gasteiger partial charge on any atom is 0.269 e. The number of pyridine rings is 1. The molecule has 0 aliphatic rings. The summed E-state index contributed by atoms with van der Waals surface area (Å²) in [6.45, 7) is 0. The van der Waals surface area contributed by atoms with Gasteiger partial charge >= 0.3 is 0 Å². The van der Waals surface area contributed by atoms with E-state index >= 15 is 0 Å². The fraction of sp³-hybridized carbons (Fsp3) is 0. The average molecular weight is 321 g/mol. The molecule has 0 N–H and O–H groups in total. The van der Waals surface area contributed by atoms with Gasteiger partial charge in [-0.25, -0.2) is 0 Å². The highest BCUT2D eigenvalue weighted by Gasteiger charge is 2.12. The van der Waals surface area contributed by atoms with Crippen LogP contribution >= 0.6 is 0 Å². The molecule has 7 nitrogen and oxygen atoms in total. The Hall–Kier alpha value is -3.61. The third kappa shape index (κ3) is 2.95. The van der Waals surface area contributed by atoms with Crippen LogP contribution in [-0.4, -0.2) is 14.8 Å². The quantitative estimate of drug-likeness (QED) is 0.529. The van der Waals surface area contributed by atoms with Crippen LogP contribution in [0.5, 0.6) is 0 Å². The summed E-state index contributed by atoms with van der Waals surface area (Å²) in [7, 11) is 0. The maximum absolute atomic E-state index is 10.8. The maximum atomic E-state index is 10.8. The highest BCUT2D eigenvalue weighted by atomic mass is 16.6. The first-order valence-electron chi connectivity index (χ1n) is 7.01. The van der Waals surface area contributed by atoms with Crippen LogP contribution in [0.1, 0.15) is 0 Å². The molecule has 0 saturated heterocycles. The molecular weight excluding hydrogens is 310 g/mol. The fourth-order valence-corrected chi connectivity index (χ4v) is 2.37. The lowest BCUT2D eigenvalue weighted by Gasteiger charge is -2.08. The Labute approximate surface area is 136 Å². The monoisotopic (exact) mass is 321 g/mol. The molecule has 7 heteroatoms. The van der Waals surface area contributed by atoms with E-state index in [1.165, 1.54) is 24.3 Å². The van der Waals surface area contributed by atoms with Crippen molar-refractivity contribution < 1.29 is 9.85 Å². The number of benzene rings is 2. The molecule has 0 aliphatic carbocycles.